The van der Waals surface area contributed by atoms with Gasteiger partial charge in [0.15, 0.2) is 0 Å². The van der Waals surface area contributed by atoms with Crippen molar-refractivity contribution < 1.29 is 18.7 Å². The molecular formula is C12H12FNO3. The van der Waals surface area contributed by atoms with Crippen LogP contribution in [0.1, 0.15) is 12.5 Å². The van der Waals surface area contributed by atoms with Crippen molar-refractivity contribution in [3.63, 3.8) is 0 Å². The van der Waals surface area contributed by atoms with Crippen molar-refractivity contribution in [1.82, 2.24) is 0 Å². The van der Waals surface area contributed by atoms with Crippen LogP contribution in [0.25, 0.3) is 0 Å². The van der Waals surface area contributed by atoms with Crippen molar-refractivity contribution in [2.24, 2.45) is 0 Å². The maximum absolute atomic E-state index is 13.2. The number of alkyl halides is 1. The Hall–Kier alpha value is -2.09. The Morgan fingerprint density at radius 2 is 2.12 bits per heavy atom. The minimum absolute atomic E-state index is 0.101. The highest BCUT2D eigenvalue weighted by molar-refractivity contribution is 5.73. The molecule has 0 bridgehead atoms. The zero-order valence-corrected chi connectivity index (χ0v) is 9.35. The van der Waals surface area contributed by atoms with Gasteiger partial charge in [0.05, 0.1) is 19.1 Å². The molecule has 1 rings (SSSR count). The van der Waals surface area contributed by atoms with Gasteiger partial charge in [-0.1, -0.05) is 12.1 Å². The van der Waals surface area contributed by atoms with Gasteiger partial charge < -0.3 is 9.47 Å². The summed E-state index contributed by atoms with van der Waals surface area (Å²) in [6.45, 7) is 1.69. The van der Waals surface area contributed by atoms with E-state index < -0.39 is 12.3 Å². The van der Waals surface area contributed by atoms with Crippen LogP contribution in [0.15, 0.2) is 24.3 Å². The number of rotatable bonds is 5. The molecule has 0 heterocycles. The molecule has 0 aliphatic heterocycles. The van der Waals surface area contributed by atoms with Gasteiger partial charge in [0.1, 0.15) is 5.75 Å². The number of benzene rings is 1. The SMILES string of the molecule is CCOC(=O)C(F)Oc1ccc(CC#N)cc1. The van der Waals surface area contributed by atoms with Crippen LogP contribution in [-0.4, -0.2) is 18.9 Å². The van der Waals surface area contributed by atoms with Crippen LogP contribution in [0.3, 0.4) is 0 Å². The minimum Gasteiger partial charge on any atom is -0.461 e. The highest BCUT2D eigenvalue weighted by atomic mass is 19.1. The lowest BCUT2D eigenvalue weighted by Crippen LogP contribution is -2.24. The number of hydrogen-bond acceptors (Lipinski definition) is 4. The van der Waals surface area contributed by atoms with Gasteiger partial charge in [0.2, 0.25) is 0 Å². The van der Waals surface area contributed by atoms with E-state index in [4.69, 9.17) is 10.00 Å². The first-order valence-electron chi connectivity index (χ1n) is 5.10. The summed E-state index contributed by atoms with van der Waals surface area (Å²) >= 11 is 0. The largest absolute Gasteiger partial charge is 0.461 e. The summed E-state index contributed by atoms with van der Waals surface area (Å²) in [7, 11) is 0. The predicted octanol–water partition coefficient (Wildman–Crippen LogP) is 1.99. The molecule has 1 aromatic rings. The molecule has 0 radical (unpaired) electrons. The smallest absolute Gasteiger partial charge is 0.381 e. The first-order chi connectivity index (χ1) is 8.17. The molecule has 4 nitrogen and oxygen atoms in total. The highest BCUT2D eigenvalue weighted by Crippen LogP contribution is 2.15. The summed E-state index contributed by atoms with van der Waals surface area (Å²) in [6.07, 6.45) is -1.85. The number of ether oxygens (including phenoxy) is 2. The van der Waals surface area contributed by atoms with Gasteiger partial charge in [-0.3, -0.25) is 0 Å². The van der Waals surface area contributed by atoms with E-state index in [9.17, 15) is 9.18 Å². The summed E-state index contributed by atoms with van der Waals surface area (Å²) < 4.78 is 22.4. The van der Waals surface area contributed by atoms with Gasteiger partial charge in [-0.15, -0.1) is 0 Å². The summed E-state index contributed by atoms with van der Waals surface area (Å²) in [6, 6.07) is 8.26. The minimum atomic E-state index is -2.13. The van der Waals surface area contributed by atoms with E-state index >= 15 is 0 Å². The fourth-order valence-corrected chi connectivity index (χ4v) is 1.15. The monoisotopic (exact) mass is 237 g/mol. The van der Waals surface area contributed by atoms with E-state index in [1.54, 1.807) is 19.1 Å². The Morgan fingerprint density at radius 1 is 1.47 bits per heavy atom. The first kappa shape index (κ1) is 13.0. The van der Waals surface area contributed by atoms with E-state index in [0.717, 1.165) is 5.56 Å². The molecule has 1 aromatic carbocycles. The summed E-state index contributed by atoms with van der Waals surface area (Å²) in [4.78, 5) is 11.0. The van der Waals surface area contributed by atoms with Crippen LogP contribution >= 0.6 is 0 Å². The number of nitriles is 1. The molecule has 0 amide bonds. The standard InChI is InChI=1S/C12H12FNO3/c1-2-16-12(15)11(13)17-10-5-3-9(4-6-10)7-8-14/h3-6,11H,2,7H2,1H3. The number of esters is 1. The van der Waals surface area contributed by atoms with Crippen molar-refractivity contribution in [3.05, 3.63) is 29.8 Å². The number of hydrogen-bond donors (Lipinski definition) is 0. The second kappa shape index (κ2) is 6.48. The molecule has 90 valence electrons. The van der Waals surface area contributed by atoms with E-state index in [0.29, 0.717) is 0 Å². The molecule has 0 aromatic heterocycles. The van der Waals surface area contributed by atoms with Gasteiger partial charge in [0, 0.05) is 0 Å². The number of halogens is 1. The number of carbonyl (C=O) groups is 1. The van der Waals surface area contributed by atoms with Crippen LogP contribution in [0, 0.1) is 11.3 Å². The van der Waals surface area contributed by atoms with Crippen LogP contribution in [-0.2, 0) is 16.0 Å². The molecule has 0 aliphatic rings. The molecule has 0 spiro atoms. The van der Waals surface area contributed by atoms with Gasteiger partial charge in [-0.2, -0.15) is 9.65 Å². The molecule has 1 unspecified atom stereocenters. The van der Waals surface area contributed by atoms with E-state index in [-0.39, 0.29) is 18.8 Å². The lowest BCUT2D eigenvalue weighted by atomic mass is 10.2. The fourth-order valence-electron chi connectivity index (χ4n) is 1.15. The second-order valence-electron chi connectivity index (χ2n) is 3.16. The van der Waals surface area contributed by atoms with Crippen molar-refractivity contribution in [2.75, 3.05) is 6.61 Å². The molecule has 0 saturated carbocycles. The highest BCUT2D eigenvalue weighted by Gasteiger charge is 2.20. The van der Waals surface area contributed by atoms with Crippen LogP contribution in [0.4, 0.5) is 4.39 Å². The molecule has 0 fully saturated rings. The van der Waals surface area contributed by atoms with Gasteiger partial charge in [-0.25, -0.2) is 4.79 Å². The van der Waals surface area contributed by atoms with Gasteiger partial charge in [-0.05, 0) is 24.6 Å². The normalized spacial score (nSPS) is 11.4. The van der Waals surface area contributed by atoms with Crippen molar-refractivity contribution >= 4 is 5.97 Å². The molecular weight excluding hydrogens is 225 g/mol. The third-order valence-corrected chi connectivity index (χ3v) is 1.92. The summed E-state index contributed by atoms with van der Waals surface area (Å²) in [5, 5.41) is 8.46. The molecule has 0 aliphatic carbocycles. The number of nitrogens with zero attached hydrogens (tertiary/aromatic N) is 1. The van der Waals surface area contributed by atoms with Crippen LogP contribution < -0.4 is 4.74 Å². The van der Waals surface area contributed by atoms with Crippen molar-refractivity contribution in [1.29, 1.82) is 5.26 Å². The third-order valence-electron chi connectivity index (χ3n) is 1.92. The molecule has 1 atom stereocenters. The molecule has 0 N–H and O–H groups in total. The zero-order chi connectivity index (χ0) is 12.7. The van der Waals surface area contributed by atoms with Crippen LogP contribution in [0.5, 0.6) is 5.75 Å². The Labute approximate surface area is 98.6 Å². The predicted molar refractivity (Wildman–Crippen MR) is 57.9 cm³/mol. The quantitative estimate of drug-likeness (QED) is 0.735. The lowest BCUT2D eigenvalue weighted by molar-refractivity contribution is -0.159. The molecule has 17 heavy (non-hydrogen) atoms. The Morgan fingerprint density at radius 3 is 2.65 bits per heavy atom. The van der Waals surface area contributed by atoms with Crippen LogP contribution in [0.2, 0.25) is 0 Å². The zero-order valence-electron chi connectivity index (χ0n) is 9.35. The number of carbonyl (C=O) groups excluding carboxylic acids is 1. The average Bonchev–Trinajstić information content (AvgIpc) is 2.32. The van der Waals surface area contributed by atoms with Crippen molar-refractivity contribution in [3.8, 4) is 11.8 Å². The topological polar surface area (TPSA) is 59.3 Å². The lowest BCUT2D eigenvalue weighted by Gasteiger charge is -2.10. The third kappa shape index (κ3) is 4.11. The maximum Gasteiger partial charge on any atom is 0.381 e. The van der Waals surface area contributed by atoms with Gasteiger partial charge >= 0.3 is 12.3 Å². The van der Waals surface area contributed by atoms with E-state index in [2.05, 4.69) is 4.74 Å². The Bertz CT molecular complexity index is 411. The molecule has 0 saturated heterocycles. The van der Waals surface area contributed by atoms with E-state index in [1.165, 1.54) is 12.1 Å². The molecule has 5 heteroatoms. The summed E-state index contributed by atoms with van der Waals surface area (Å²) in [5.74, 6) is -0.833. The summed E-state index contributed by atoms with van der Waals surface area (Å²) in [5.41, 5.74) is 0.798. The van der Waals surface area contributed by atoms with E-state index in [1.807, 2.05) is 6.07 Å². The maximum atomic E-state index is 13.2. The second-order valence-corrected chi connectivity index (χ2v) is 3.16. The van der Waals surface area contributed by atoms with Crippen molar-refractivity contribution in [2.45, 2.75) is 19.7 Å². The first-order valence-corrected chi connectivity index (χ1v) is 5.10. The Balaban J connectivity index is 2.57. The fraction of sp³-hybridized carbons (Fsp3) is 0.333. The van der Waals surface area contributed by atoms with Gasteiger partial charge in [0.25, 0.3) is 0 Å². The Kier molecular flexibility index (Phi) is 4.95. The average molecular weight is 237 g/mol.